The smallest absolute Gasteiger partial charge is 0.264 e. The molecule has 0 unspecified atom stereocenters. The predicted molar refractivity (Wildman–Crippen MR) is 166 cm³/mol. The highest BCUT2D eigenvalue weighted by Crippen LogP contribution is 2.47. The lowest BCUT2D eigenvalue weighted by atomic mass is 9.65. The molecule has 2 aromatic rings. The van der Waals surface area contributed by atoms with E-state index in [1.807, 2.05) is 25.1 Å². The molecule has 226 valence electrons. The molecule has 7 rings (SSSR count). The van der Waals surface area contributed by atoms with E-state index in [2.05, 4.69) is 15.7 Å². The molecule has 10 heteroatoms. The first-order valence-electron chi connectivity index (χ1n) is 14.9. The van der Waals surface area contributed by atoms with Crippen LogP contribution in [0.3, 0.4) is 0 Å². The van der Waals surface area contributed by atoms with Crippen LogP contribution in [0.5, 0.6) is 0 Å². The van der Waals surface area contributed by atoms with Crippen LogP contribution in [0, 0.1) is 29.5 Å². The van der Waals surface area contributed by atoms with Gasteiger partial charge in [-0.2, -0.15) is 0 Å². The summed E-state index contributed by atoms with van der Waals surface area (Å²) >= 11 is 7.95. The molecular formula is C32H38ClFN2O4S2. The van der Waals surface area contributed by atoms with Crippen LogP contribution in [-0.4, -0.2) is 45.6 Å². The summed E-state index contributed by atoms with van der Waals surface area (Å²) in [7, 11) is -2.07. The number of methoxy groups -OCH3 is 1. The Morgan fingerprint density at radius 3 is 2.71 bits per heavy atom. The van der Waals surface area contributed by atoms with Gasteiger partial charge in [-0.3, -0.25) is 4.79 Å². The van der Waals surface area contributed by atoms with E-state index in [1.54, 1.807) is 31.0 Å². The van der Waals surface area contributed by atoms with Crippen LogP contribution in [0.2, 0.25) is 5.02 Å². The largest absolute Gasteiger partial charge is 0.377 e. The Labute approximate surface area is 257 Å². The third kappa shape index (κ3) is 5.99. The van der Waals surface area contributed by atoms with Crippen LogP contribution in [0.1, 0.15) is 60.5 Å². The first kappa shape index (κ1) is 30.0. The number of allylic oxidation sites excluding steroid dienone is 1. The molecule has 6 nitrogen and oxygen atoms in total. The molecule has 1 amide bonds. The fraction of sp³-hybridized carbons (Fsp3) is 0.531. The van der Waals surface area contributed by atoms with Crippen molar-refractivity contribution in [2.75, 3.05) is 30.1 Å². The van der Waals surface area contributed by atoms with Crippen molar-refractivity contribution in [2.45, 2.75) is 63.0 Å². The second-order valence-corrected chi connectivity index (χ2v) is 15.6. The van der Waals surface area contributed by atoms with Crippen molar-refractivity contribution in [3.8, 4) is 0 Å². The molecule has 1 fully saturated rings. The minimum absolute atomic E-state index is 0.00377. The number of nitrogens with one attached hydrogen (secondary N) is 1. The number of anilines is 1. The molecule has 2 aromatic carbocycles. The van der Waals surface area contributed by atoms with Crippen molar-refractivity contribution in [2.24, 2.45) is 23.7 Å². The molecule has 0 saturated heterocycles. The van der Waals surface area contributed by atoms with Gasteiger partial charge in [0, 0.05) is 30.7 Å². The van der Waals surface area contributed by atoms with E-state index >= 15 is 4.39 Å². The number of benzene rings is 2. The van der Waals surface area contributed by atoms with Crippen molar-refractivity contribution in [1.82, 2.24) is 4.72 Å². The van der Waals surface area contributed by atoms with E-state index in [9.17, 15) is 13.2 Å². The standard InChI is InChI=1S/C32H38ClFN2O4S2/c1-19-18-42(38,39)35-32(37)20-8-11-29-28(15-20)36(17-22-6-9-26(22)31(40-2)24-13-23(19)14-24)16-21-7-10-27(33)30(34)25(21)5-3-4-12-41-29/h7-8,10-11,13,15,19,22-23,26,31H,3-6,9,12,14,16-18H2,1-2H3,(H,35,37)/t19-,22+,23-,26-,31+/m1/s1. The fourth-order valence-electron chi connectivity index (χ4n) is 7.02. The summed E-state index contributed by atoms with van der Waals surface area (Å²) < 4.78 is 49.8. The number of thioether (sulfide) groups is 1. The van der Waals surface area contributed by atoms with Gasteiger partial charge >= 0.3 is 0 Å². The predicted octanol–water partition coefficient (Wildman–Crippen LogP) is 6.61. The minimum atomic E-state index is -3.84. The summed E-state index contributed by atoms with van der Waals surface area (Å²) in [6, 6.07) is 9.00. The molecule has 5 aliphatic rings. The maximum atomic E-state index is 15.3. The maximum absolute atomic E-state index is 15.3. The van der Waals surface area contributed by atoms with Crippen molar-refractivity contribution >= 4 is 45.0 Å². The third-order valence-corrected chi connectivity index (χ3v) is 12.5. The van der Waals surface area contributed by atoms with Crippen molar-refractivity contribution in [1.29, 1.82) is 0 Å². The number of amides is 1. The number of hydrogen-bond acceptors (Lipinski definition) is 6. The highest BCUT2D eigenvalue weighted by molar-refractivity contribution is 7.99. The topological polar surface area (TPSA) is 75.7 Å². The third-order valence-electron chi connectivity index (χ3n) is 9.60. The lowest BCUT2D eigenvalue weighted by Crippen LogP contribution is -2.46. The quantitative estimate of drug-likeness (QED) is 0.357. The zero-order valence-electron chi connectivity index (χ0n) is 24.1. The highest BCUT2D eigenvalue weighted by Gasteiger charge is 2.43. The number of carbonyl (C=O) groups is 1. The van der Waals surface area contributed by atoms with Crippen molar-refractivity contribution < 1.29 is 22.3 Å². The number of nitrogens with zero attached hydrogens (tertiary/aromatic N) is 1. The molecule has 5 atom stereocenters. The first-order chi connectivity index (χ1) is 20.1. The number of sulfonamides is 1. The first-order valence-corrected chi connectivity index (χ1v) is 17.9. The molecule has 1 saturated carbocycles. The van der Waals surface area contributed by atoms with Gasteiger partial charge in [-0.15, -0.1) is 11.8 Å². The van der Waals surface area contributed by atoms with Gasteiger partial charge in [-0.05, 0) is 109 Å². The second kappa shape index (κ2) is 12.1. The number of halogens is 2. The normalized spacial score (nSPS) is 29.4. The van der Waals surface area contributed by atoms with E-state index in [1.165, 1.54) is 5.57 Å². The molecule has 3 heterocycles. The van der Waals surface area contributed by atoms with Gasteiger partial charge in [0.15, 0.2) is 0 Å². The summed E-state index contributed by atoms with van der Waals surface area (Å²) in [5.74, 6) is 0.491. The number of ether oxygens (including phenoxy) is 1. The SMILES string of the molecule is CO[C@H]1C2=C[C@H](C2)[C@H](C)CS(=O)(=O)NC(=O)c2ccc3c(c2)N(Cc2ccc(Cl)c(F)c2CCCCS3)C[C@@H]2CC[C@H]21. The zero-order chi connectivity index (χ0) is 29.6. The molecule has 2 aliphatic carbocycles. The number of hydrogen-bond donors (Lipinski definition) is 1. The minimum Gasteiger partial charge on any atom is -0.377 e. The lowest BCUT2D eigenvalue weighted by molar-refractivity contribution is -0.000128. The molecule has 1 N–H and O–H groups in total. The number of fused-ring (bicyclic) bond motifs is 5. The Kier molecular flexibility index (Phi) is 8.66. The Morgan fingerprint density at radius 1 is 1.17 bits per heavy atom. The lowest BCUT2D eigenvalue weighted by Gasteiger charge is -2.47. The van der Waals surface area contributed by atoms with E-state index in [0.717, 1.165) is 60.5 Å². The van der Waals surface area contributed by atoms with Crippen LogP contribution in [0.4, 0.5) is 10.1 Å². The van der Waals surface area contributed by atoms with E-state index in [4.69, 9.17) is 16.3 Å². The Balaban J connectivity index is 1.45. The molecule has 0 aromatic heterocycles. The van der Waals surface area contributed by atoms with Crippen LogP contribution < -0.4 is 9.62 Å². The van der Waals surface area contributed by atoms with Gasteiger partial charge in [-0.25, -0.2) is 17.5 Å². The Bertz CT molecular complexity index is 1510. The van der Waals surface area contributed by atoms with Crippen LogP contribution in [0.15, 0.2) is 46.9 Å². The highest BCUT2D eigenvalue weighted by atomic mass is 35.5. The summed E-state index contributed by atoms with van der Waals surface area (Å²) in [5, 5.41) is 0.134. The fourth-order valence-corrected chi connectivity index (χ4v) is 9.69. The van der Waals surface area contributed by atoms with Gasteiger partial charge < -0.3 is 9.64 Å². The summed E-state index contributed by atoms with van der Waals surface area (Å²) in [4.78, 5) is 16.6. The average Bonchev–Trinajstić information content (AvgIpc) is 2.93. The number of carbonyl (C=O) groups excluding carboxylic acids is 1. The average molecular weight is 633 g/mol. The Hall–Kier alpha value is -2.07. The summed E-state index contributed by atoms with van der Waals surface area (Å²) in [5.41, 5.74) is 3.96. The van der Waals surface area contributed by atoms with Gasteiger partial charge in [0.1, 0.15) is 5.82 Å². The summed E-state index contributed by atoms with van der Waals surface area (Å²) in [6.45, 7) is 3.11. The number of rotatable bonds is 1. The maximum Gasteiger partial charge on any atom is 0.264 e. The van der Waals surface area contributed by atoms with Gasteiger partial charge in [0.2, 0.25) is 10.0 Å². The molecule has 4 bridgehead atoms. The molecule has 3 aliphatic heterocycles. The van der Waals surface area contributed by atoms with Crippen LogP contribution in [0.25, 0.3) is 0 Å². The van der Waals surface area contributed by atoms with Gasteiger partial charge in [0.05, 0.1) is 22.6 Å². The van der Waals surface area contributed by atoms with Crippen LogP contribution in [-0.2, 0) is 27.7 Å². The molecular weight excluding hydrogens is 595 g/mol. The molecule has 0 radical (unpaired) electrons. The van der Waals surface area contributed by atoms with Gasteiger partial charge in [-0.1, -0.05) is 30.7 Å². The van der Waals surface area contributed by atoms with E-state index in [0.29, 0.717) is 35.9 Å². The van der Waals surface area contributed by atoms with Crippen molar-refractivity contribution in [3.05, 3.63) is 69.5 Å². The van der Waals surface area contributed by atoms with Crippen molar-refractivity contribution in [3.63, 3.8) is 0 Å². The van der Waals surface area contributed by atoms with Gasteiger partial charge in [0.25, 0.3) is 5.91 Å². The molecule has 0 spiro atoms. The second-order valence-electron chi connectivity index (χ2n) is 12.3. The summed E-state index contributed by atoms with van der Waals surface area (Å²) in [6.07, 6.45) is 7.50. The van der Waals surface area contributed by atoms with E-state index < -0.39 is 15.9 Å². The Morgan fingerprint density at radius 2 is 1.98 bits per heavy atom. The van der Waals surface area contributed by atoms with E-state index in [-0.39, 0.29) is 34.5 Å². The zero-order valence-corrected chi connectivity index (χ0v) is 26.5. The van der Waals surface area contributed by atoms with Crippen LogP contribution >= 0.6 is 23.4 Å². The monoisotopic (exact) mass is 632 g/mol. The molecule has 42 heavy (non-hydrogen) atoms.